The summed E-state index contributed by atoms with van der Waals surface area (Å²) in [5, 5.41) is 12.9. The van der Waals surface area contributed by atoms with Crippen LogP contribution in [0, 0.1) is 0 Å². The number of hydrogen-bond donors (Lipinski definition) is 3. The molecule has 3 N–H and O–H groups in total. The molecule has 0 aliphatic heterocycles. The van der Waals surface area contributed by atoms with Gasteiger partial charge >= 0.3 is 0 Å². The summed E-state index contributed by atoms with van der Waals surface area (Å²) < 4.78 is 0. The maximum absolute atomic E-state index is 12.0. The molecule has 7 heteroatoms. The summed E-state index contributed by atoms with van der Waals surface area (Å²) >= 11 is 1.46. The first-order valence-electron chi connectivity index (χ1n) is 8.99. The number of H-pyrrole nitrogens is 1. The number of rotatable bonds is 8. The van der Waals surface area contributed by atoms with Crippen LogP contribution in [0.15, 0.2) is 70.6 Å². The van der Waals surface area contributed by atoms with Gasteiger partial charge in [-0.1, -0.05) is 54.2 Å². The van der Waals surface area contributed by atoms with Gasteiger partial charge in [0.2, 0.25) is 5.91 Å². The number of benzene rings is 2. The van der Waals surface area contributed by atoms with Gasteiger partial charge in [0.25, 0.3) is 5.56 Å². The second-order valence-electron chi connectivity index (χ2n) is 6.17. The lowest BCUT2D eigenvalue weighted by atomic mass is 10.1. The highest BCUT2D eigenvalue weighted by molar-refractivity contribution is 7.99. The number of thioether (sulfide) groups is 1. The van der Waals surface area contributed by atoms with E-state index in [4.69, 9.17) is 0 Å². The average molecular weight is 395 g/mol. The van der Waals surface area contributed by atoms with Gasteiger partial charge in [0.1, 0.15) is 5.75 Å². The van der Waals surface area contributed by atoms with Crippen LogP contribution < -0.4 is 10.9 Å². The number of aromatic amines is 1. The zero-order valence-corrected chi connectivity index (χ0v) is 16.0. The molecule has 0 bridgehead atoms. The fraction of sp³-hybridized carbons (Fsp3) is 0.190. The SMILES string of the molecule is O=C(CCCCSc1nc(-c2ccccc2)cc(=O)[nH]1)Nc1ccccc1O. The van der Waals surface area contributed by atoms with Crippen LogP contribution in [0.3, 0.4) is 0 Å². The van der Waals surface area contributed by atoms with Crippen LogP contribution in [0.25, 0.3) is 11.3 Å². The monoisotopic (exact) mass is 395 g/mol. The second kappa shape index (κ2) is 9.75. The average Bonchev–Trinajstić information content (AvgIpc) is 2.70. The number of aromatic nitrogens is 2. The lowest BCUT2D eigenvalue weighted by Crippen LogP contribution is -2.11. The van der Waals surface area contributed by atoms with Crippen molar-refractivity contribution in [1.29, 1.82) is 0 Å². The van der Waals surface area contributed by atoms with E-state index in [9.17, 15) is 14.7 Å². The minimum Gasteiger partial charge on any atom is -0.506 e. The number of phenols is 1. The Morgan fingerprint density at radius 3 is 2.61 bits per heavy atom. The number of para-hydroxylation sites is 2. The van der Waals surface area contributed by atoms with E-state index < -0.39 is 0 Å². The second-order valence-corrected chi connectivity index (χ2v) is 7.26. The Morgan fingerprint density at radius 2 is 1.82 bits per heavy atom. The molecule has 3 aromatic rings. The van der Waals surface area contributed by atoms with E-state index in [0.29, 0.717) is 29.4 Å². The Labute approximate surface area is 167 Å². The summed E-state index contributed by atoms with van der Waals surface area (Å²) in [5.74, 6) is 0.661. The van der Waals surface area contributed by atoms with E-state index in [1.54, 1.807) is 18.2 Å². The molecule has 0 fully saturated rings. The summed E-state index contributed by atoms with van der Waals surface area (Å²) in [7, 11) is 0. The van der Waals surface area contributed by atoms with Crippen molar-refractivity contribution in [3.8, 4) is 17.0 Å². The number of hydrogen-bond acceptors (Lipinski definition) is 5. The molecule has 0 unspecified atom stereocenters. The largest absolute Gasteiger partial charge is 0.506 e. The zero-order valence-electron chi connectivity index (χ0n) is 15.2. The Hall–Kier alpha value is -3.06. The first kappa shape index (κ1) is 19.7. The van der Waals surface area contributed by atoms with Crippen molar-refractivity contribution in [2.24, 2.45) is 0 Å². The topological polar surface area (TPSA) is 95.1 Å². The minimum absolute atomic E-state index is 0.0553. The molecule has 144 valence electrons. The van der Waals surface area contributed by atoms with Crippen LogP contribution in [0.5, 0.6) is 5.75 Å². The molecule has 28 heavy (non-hydrogen) atoms. The van der Waals surface area contributed by atoms with Crippen molar-refractivity contribution in [1.82, 2.24) is 9.97 Å². The molecular weight excluding hydrogens is 374 g/mol. The molecule has 0 saturated heterocycles. The highest BCUT2D eigenvalue weighted by Crippen LogP contribution is 2.22. The maximum atomic E-state index is 12.0. The summed E-state index contributed by atoms with van der Waals surface area (Å²) in [6.07, 6.45) is 1.87. The van der Waals surface area contributed by atoms with Gasteiger partial charge in [-0.15, -0.1) is 0 Å². The van der Waals surface area contributed by atoms with E-state index >= 15 is 0 Å². The normalized spacial score (nSPS) is 10.6. The predicted octanol–water partition coefficient (Wildman–Crippen LogP) is 4.04. The van der Waals surface area contributed by atoms with E-state index in [-0.39, 0.29) is 17.2 Å². The van der Waals surface area contributed by atoms with Gasteiger partial charge < -0.3 is 15.4 Å². The summed E-state index contributed by atoms with van der Waals surface area (Å²) in [4.78, 5) is 31.1. The van der Waals surface area contributed by atoms with Crippen LogP contribution in [0.4, 0.5) is 5.69 Å². The first-order chi connectivity index (χ1) is 13.6. The molecular formula is C21H21N3O3S. The summed E-state index contributed by atoms with van der Waals surface area (Å²) in [6.45, 7) is 0. The number of carbonyl (C=O) groups is 1. The standard InChI is InChI=1S/C21H21N3O3S/c25-18-11-5-4-10-16(18)22-19(26)12-6-7-13-28-21-23-17(14-20(27)24-21)15-8-2-1-3-9-15/h1-5,8-11,14,25H,6-7,12-13H2,(H,22,26)(H,23,24,27). The molecule has 1 amide bonds. The van der Waals surface area contributed by atoms with Crippen molar-refractivity contribution >= 4 is 23.4 Å². The summed E-state index contributed by atoms with van der Waals surface area (Å²) in [6, 6.07) is 17.7. The van der Waals surface area contributed by atoms with Gasteiger partial charge in [-0.3, -0.25) is 9.59 Å². The van der Waals surface area contributed by atoms with Gasteiger partial charge in [-0.05, 0) is 25.0 Å². The Kier molecular flexibility index (Phi) is 6.86. The number of nitrogens with one attached hydrogen (secondary N) is 2. The maximum Gasteiger partial charge on any atom is 0.252 e. The predicted molar refractivity (Wildman–Crippen MR) is 112 cm³/mol. The molecule has 1 aromatic heterocycles. The van der Waals surface area contributed by atoms with Crippen LogP contribution >= 0.6 is 11.8 Å². The van der Waals surface area contributed by atoms with E-state index in [0.717, 1.165) is 17.7 Å². The number of phenolic OH excluding ortho intramolecular Hbond substituents is 1. The molecule has 6 nitrogen and oxygen atoms in total. The van der Waals surface area contributed by atoms with Crippen molar-refractivity contribution in [3.63, 3.8) is 0 Å². The molecule has 0 saturated carbocycles. The number of aromatic hydroxyl groups is 1. The van der Waals surface area contributed by atoms with Gasteiger partial charge in [-0.25, -0.2) is 4.98 Å². The molecule has 0 radical (unpaired) electrons. The van der Waals surface area contributed by atoms with Gasteiger partial charge in [0.15, 0.2) is 5.16 Å². The van der Waals surface area contributed by atoms with Crippen molar-refractivity contribution in [2.45, 2.75) is 24.4 Å². The Morgan fingerprint density at radius 1 is 1.07 bits per heavy atom. The fourth-order valence-corrected chi connectivity index (χ4v) is 3.49. The van der Waals surface area contributed by atoms with Crippen molar-refractivity contribution in [3.05, 3.63) is 71.0 Å². The van der Waals surface area contributed by atoms with Gasteiger partial charge in [0.05, 0.1) is 11.4 Å². The van der Waals surface area contributed by atoms with Crippen LogP contribution in [-0.4, -0.2) is 26.7 Å². The number of unbranched alkanes of at least 4 members (excludes halogenated alkanes) is 1. The smallest absolute Gasteiger partial charge is 0.252 e. The van der Waals surface area contributed by atoms with Crippen molar-refractivity contribution in [2.75, 3.05) is 11.1 Å². The third kappa shape index (κ3) is 5.72. The number of nitrogens with zero attached hydrogens (tertiary/aromatic N) is 1. The lowest BCUT2D eigenvalue weighted by Gasteiger charge is -2.07. The lowest BCUT2D eigenvalue weighted by molar-refractivity contribution is -0.116. The molecule has 0 aliphatic carbocycles. The van der Waals surface area contributed by atoms with E-state index in [2.05, 4.69) is 15.3 Å². The van der Waals surface area contributed by atoms with Crippen LogP contribution in [0.1, 0.15) is 19.3 Å². The zero-order chi connectivity index (χ0) is 19.8. The fourth-order valence-electron chi connectivity index (χ4n) is 2.61. The molecule has 1 heterocycles. The number of amides is 1. The molecule has 2 aromatic carbocycles. The Bertz CT molecular complexity index is 989. The number of carbonyl (C=O) groups excluding carboxylic acids is 1. The quantitative estimate of drug-likeness (QED) is 0.232. The highest BCUT2D eigenvalue weighted by atomic mass is 32.2. The third-order valence-corrected chi connectivity index (χ3v) is 4.96. The van der Waals surface area contributed by atoms with E-state index in [1.807, 2.05) is 30.3 Å². The molecule has 0 atom stereocenters. The van der Waals surface area contributed by atoms with Gasteiger partial charge in [-0.2, -0.15) is 0 Å². The highest BCUT2D eigenvalue weighted by Gasteiger charge is 2.07. The number of anilines is 1. The molecule has 0 spiro atoms. The Balaban J connectivity index is 1.45. The third-order valence-electron chi connectivity index (χ3n) is 4.00. The summed E-state index contributed by atoms with van der Waals surface area (Å²) in [5.41, 5.74) is 1.78. The van der Waals surface area contributed by atoms with Crippen LogP contribution in [0.2, 0.25) is 0 Å². The molecule has 0 aliphatic rings. The van der Waals surface area contributed by atoms with Crippen molar-refractivity contribution < 1.29 is 9.90 Å². The van der Waals surface area contributed by atoms with E-state index in [1.165, 1.54) is 23.9 Å². The van der Waals surface area contributed by atoms with Gasteiger partial charge in [0, 0.05) is 23.8 Å². The first-order valence-corrected chi connectivity index (χ1v) is 9.98. The van der Waals surface area contributed by atoms with Crippen LogP contribution in [-0.2, 0) is 4.79 Å². The minimum atomic E-state index is -0.182. The molecule has 3 rings (SSSR count).